The first kappa shape index (κ1) is 7.96. The van der Waals surface area contributed by atoms with E-state index >= 15 is 0 Å². The van der Waals surface area contributed by atoms with Gasteiger partial charge in [0.05, 0.1) is 0 Å². The first-order valence-electron chi connectivity index (χ1n) is 2.89. The summed E-state index contributed by atoms with van der Waals surface area (Å²) in [7, 11) is 0. The molecule has 0 fully saturated rings. The molecule has 0 heterocycles. The Morgan fingerprint density at radius 3 is 1.89 bits per heavy atom. The van der Waals surface area contributed by atoms with Crippen molar-refractivity contribution in [3.05, 3.63) is 50.1 Å². The molecule has 0 heteroatoms. The Morgan fingerprint density at radius 2 is 1.56 bits per heavy atom. The van der Waals surface area contributed by atoms with Crippen LogP contribution in [-0.2, 0) is 0 Å². The molecular formula is C9H12. The van der Waals surface area contributed by atoms with E-state index in [1.54, 1.807) is 6.08 Å². The van der Waals surface area contributed by atoms with E-state index in [0.717, 1.165) is 0 Å². The third-order valence-electron chi connectivity index (χ3n) is 1.01. The molecule has 0 spiro atoms. The predicted octanol–water partition coefficient (Wildman–Crippen LogP) is 2.72. The van der Waals surface area contributed by atoms with Gasteiger partial charge in [0.2, 0.25) is 0 Å². The molecule has 0 unspecified atom stereocenters. The van der Waals surface area contributed by atoms with Gasteiger partial charge in [0.15, 0.2) is 0 Å². The highest BCUT2D eigenvalue weighted by Crippen LogP contribution is 1.99. The SMILES string of the molecule is C=CC=CC(C=C)C=C. The van der Waals surface area contributed by atoms with Crippen molar-refractivity contribution in [2.45, 2.75) is 0 Å². The van der Waals surface area contributed by atoms with Crippen molar-refractivity contribution in [1.82, 2.24) is 0 Å². The minimum Gasteiger partial charge on any atom is -0.102 e. The summed E-state index contributed by atoms with van der Waals surface area (Å²) in [5, 5.41) is 0. The largest absolute Gasteiger partial charge is 0.102 e. The van der Waals surface area contributed by atoms with Crippen molar-refractivity contribution in [3.8, 4) is 0 Å². The van der Waals surface area contributed by atoms with Crippen molar-refractivity contribution in [2.75, 3.05) is 0 Å². The highest BCUT2D eigenvalue weighted by Gasteiger charge is 1.86. The average molecular weight is 120 g/mol. The van der Waals surface area contributed by atoms with Crippen molar-refractivity contribution >= 4 is 0 Å². The first-order chi connectivity index (χ1) is 4.35. The second-order valence-corrected chi connectivity index (χ2v) is 1.67. The van der Waals surface area contributed by atoms with Crippen LogP contribution >= 0.6 is 0 Å². The quantitative estimate of drug-likeness (QED) is 0.395. The molecule has 9 heavy (non-hydrogen) atoms. The van der Waals surface area contributed by atoms with Crippen molar-refractivity contribution in [3.63, 3.8) is 0 Å². The van der Waals surface area contributed by atoms with Crippen LogP contribution in [0.5, 0.6) is 0 Å². The Morgan fingerprint density at radius 1 is 1.00 bits per heavy atom. The molecule has 0 N–H and O–H groups in total. The molecular weight excluding hydrogens is 108 g/mol. The molecule has 0 radical (unpaired) electrons. The topological polar surface area (TPSA) is 0 Å². The lowest BCUT2D eigenvalue weighted by molar-refractivity contribution is 1.08. The molecule has 0 atom stereocenters. The van der Waals surface area contributed by atoms with Crippen LogP contribution in [-0.4, -0.2) is 0 Å². The third-order valence-corrected chi connectivity index (χ3v) is 1.01. The van der Waals surface area contributed by atoms with Crippen LogP contribution in [0.4, 0.5) is 0 Å². The van der Waals surface area contributed by atoms with Crippen LogP contribution in [0.25, 0.3) is 0 Å². The molecule has 0 aliphatic carbocycles. The van der Waals surface area contributed by atoms with Gasteiger partial charge in [-0.05, 0) is 0 Å². The molecule has 0 aliphatic rings. The Labute approximate surface area is 56.9 Å². The summed E-state index contributed by atoms with van der Waals surface area (Å²) in [6.07, 6.45) is 9.25. The zero-order valence-corrected chi connectivity index (χ0v) is 5.59. The normalized spacial score (nSPS) is 9.89. The monoisotopic (exact) mass is 120 g/mol. The van der Waals surface area contributed by atoms with Gasteiger partial charge in [-0.3, -0.25) is 0 Å². The molecule has 0 nitrogen and oxygen atoms in total. The third kappa shape index (κ3) is 3.53. The minimum absolute atomic E-state index is 0.281. The summed E-state index contributed by atoms with van der Waals surface area (Å²) in [6.45, 7) is 10.8. The Bertz CT molecular complexity index is 121. The highest BCUT2D eigenvalue weighted by atomic mass is 13.9. The van der Waals surface area contributed by atoms with Crippen molar-refractivity contribution in [1.29, 1.82) is 0 Å². The van der Waals surface area contributed by atoms with E-state index in [2.05, 4.69) is 19.7 Å². The van der Waals surface area contributed by atoms with E-state index in [1.807, 2.05) is 24.3 Å². The van der Waals surface area contributed by atoms with Gasteiger partial charge in [0.1, 0.15) is 0 Å². The second-order valence-electron chi connectivity index (χ2n) is 1.67. The van der Waals surface area contributed by atoms with Crippen LogP contribution in [0.2, 0.25) is 0 Å². The van der Waals surface area contributed by atoms with Crippen LogP contribution in [0.1, 0.15) is 0 Å². The lowest BCUT2D eigenvalue weighted by atomic mass is 10.1. The molecule has 0 rings (SSSR count). The van der Waals surface area contributed by atoms with E-state index in [9.17, 15) is 0 Å². The van der Waals surface area contributed by atoms with Gasteiger partial charge in [-0.1, -0.05) is 37.0 Å². The summed E-state index contributed by atoms with van der Waals surface area (Å²) in [4.78, 5) is 0. The smallest absolute Gasteiger partial charge is 0.0125 e. The Kier molecular flexibility index (Phi) is 4.51. The van der Waals surface area contributed by atoms with E-state index in [0.29, 0.717) is 0 Å². The second kappa shape index (κ2) is 5.10. The van der Waals surface area contributed by atoms with Crippen LogP contribution in [0, 0.1) is 5.92 Å². The van der Waals surface area contributed by atoms with Crippen LogP contribution < -0.4 is 0 Å². The summed E-state index contributed by atoms with van der Waals surface area (Å²) in [5.41, 5.74) is 0. The zero-order valence-electron chi connectivity index (χ0n) is 5.59. The number of hydrogen-bond donors (Lipinski definition) is 0. The molecule has 48 valence electrons. The lowest BCUT2D eigenvalue weighted by Crippen LogP contribution is -1.80. The summed E-state index contributed by atoms with van der Waals surface area (Å²) >= 11 is 0. The van der Waals surface area contributed by atoms with Gasteiger partial charge in [0.25, 0.3) is 0 Å². The molecule has 0 amide bonds. The van der Waals surface area contributed by atoms with Gasteiger partial charge in [0, 0.05) is 5.92 Å². The summed E-state index contributed by atoms with van der Waals surface area (Å²) in [6, 6.07) is 0. The van der Waals surface area contributed by atoms with Crippen LogP contribution in [0.3, 0.4) is 0 Å². The fourth-order valence-corrected chi connectivity index (χ4v) is 0.460. The van der Waals surface area contributed by atoms with E-state index < -0.39 is 0 Å². The van der Waals surface area contributed by atoms with E-state index in [4.69, 9.17) is 0 Å². The zero-order chi connectivity index (χ0) is 7.11. The van der Waals surface area contributed by atoms with Gasteiger partial charge >= 0.3 is 0 Å². The maximum atomic E-state index is 3.63. The fourth-order valence-electron chi connectivity index (χ4n) is 0.460. The van der Waals surface area contributed by atoms with E-state index in [1.165, 1.54) is 0 Å². The molecule has 0 aromatic carbocycles. The van der Waals surface area contributed by atoms with Crippen LogP contribution in [0.15, 0.2) is 50.1 Å². The predicted molar refractivity (Wildman–Crippen MR) is 43.2 cm³/mol. The summed E-state index contributed by atoms with van der Waals surface area (Å²) < 4.78 is 0. The fraction of sp³-hybridized carbons (Fsp3) is 0.111. The number of hydrogen-bond acceptors (Lipinski definition) is 0. The molecule has 0 aromatic rings. The summed E-state index contributed by atoms with van der Waals surface area (Å²) in [5.74, 6) is 0.281. The molecule has 0 saturated carbocycles. The Balaban J connectivity index is 3.80. The minimum atomic E-state index is 0.281. The number of allylic oxidation sites excluding steroid dienone is 5. The van der Waals surface area contributed by atoms with Gasteiger partial charge < -0.3 is 0 Å². The molecule has 0 bridgehead atoms. The molecule has 0 aliphatic heterocycles. The van der Waals surface area contributed by atoms with Crippen molar-refractivity contribution in [2.24, 2.45) is 5.92 Å². The van der Waals surface area contributed by atoms with Crippen molar-refractivity contribution < 1.29 is 0 Å². The molecule has 0 saturated heterocycles. The maximum absolute atomic E-state index is 3.63. The van der Waals surface area contributed by atoms with Gasteiger partial charge in [-0.15, -0.1) is 13.2 Å². The number of rotatable bonds is 4. The molecule has 0 aromatic heterocycles. The lowest BCUT2D eigenvalue weighted by Gasteiger charge is -1.94. The first-order valence-corrected chi connectivity index (χ1v) is 2.89. The standard InChI is InChI=1S/C9H12/c1-4-7-8-9(5-2)6-3/h4-9H,1-3H2. The maximum Gasteiger partial charge on any atom is 0.0125 e. The average Bonchev–Trinajstić information content (AvgIpc) is 1.91. The van der Waals surface area contributed by atoms with Gasteiger partial charge in [-0.2, -0.15) is 0 Å². The van der Waals surface area contributed by atoms with E-state index in [-0.39, 0.29) is 5.92 Å². The van der Waals surface area contributed by atoms with Gasteiger partial charge in [-0.25, -0.2) is 0 Å². The Hall–Kier alpha value is -1.04. The highest BCUT2D eigenvalue weighted by molar-refractivity contribution is 5.09.